The summed E-state index contributed by atoms with van der Waals surface area (Å²) in [4.78, 5) is 15.5. The number of carbonyl (C=O) groups is 1. The van der Waals surface area contributed by atoms with Crippen LogP contribution < -0.4 is 0 Å². The maximum absolute atomic E-state index is 12.5. The first-order valence-electron chi connectivity index (χ1n) is 5.78. The van der Waals surface area contributed by atoms with Crippen LogP contribution in [0.25, 0.3) is 0 Å². The molecule has 4 nitrogen and oxygen atoms in total. The highest BCUT2D eigenvalue weighted by atomic mass is 79.9. The molecule has 0 radical (unpaired) electrons. The fourth-order valence-corrected chi connectivity index (χ4v) is 2.17. The number of rotatable bonds is 3. The minimum Gasteiger partial charge on any atom is -0.464 e. The van der Waals surface area contributed by atoms with Crippen LogP contribution >= 0.6 is 15.9 Å². The summed E-state index contributed by atoms with van der Waals surface area (Å²) in [5, 5.41) is 0. The second kappa shape index (κ2) is 5.88. The molecule has 0 atom stereocenters. The van der Waals surface area contributed by atoms with E-state index in [1.165, 1.54) is 30.0 Å². The van der Waals surface area contributed by atoms with Crippen molar-refractivity contribution in [1.29, 1.82) is 0 Å². The summed E-state index contributed by atoms with van der Waals surface area (Å²) >= 11 is 3.18. The molecule has 112 valence electrons. The van der Waals surface area contributed by atoms with Gasteiger partial charge in [-0.2, -0.15) is 13.2 Å². The molecule has 0 aliphatic heterocycles. The molecule has 1 aromatic carbocycles. The number of ether oxygens (including phenoxy) is 1. The molecule has 2 aromatic rings. The summed E-state index contributed by atoms with van der Waals surface area (Å²) in [5.74, 6) is -0.569. The number of nitrogens with zero attached hydrogens (tertiary/aromatic N) is 2. The average Bonchev–Trinajstić information content (AvgIpc) is 2.79. The number of methoxy groups -OCH3 is 1. The fraction of sp³-hybridized carbons (Fsp3) is 0.231. The van der Waals surface area contributed by atoms with Crippen LogP contribution in [0.2, 0.25) is 0 Å². The molecule has 0 spiro atoms. The smallest absolute Gasteiger partial charge is 0.416 e. The van der Waals surface area contributed by atoms with Crippen LogP contribution in [-0.4, -0.2) is 22.6 Å². The van der Waals surface area contributed by atoms with Crippen LogP contribution in [0.3, 0.4) is 0 Å². The number of hydrogen-bond acceptors (Lipinski definition) is 3. The SMILES string of the molecule is COC(=O)c1cnc(Br)n1Cc1ccc(C(F)(F)F)cc1. The molecule has 0 aliphatic carbocycles. The van der Waals surface area contributed by atoms with Gasteiger partial charge in [0.05, 0.1) is 25.4 Å². The average molecular weight is 363 g/mol. The summed E-state index contributed by atoms with van der Waals surface area (Å²) < 4.78 is 44.0. The summed E-state index contributed by atoms with van der Waals surface area (Å²) in [5.41, 5.74) is 0.0975. The van der Waals surface area contributed by atoms with Gasteiger partial charge in [0, 0.05) is 0 Å². The lowest BCUT2D eigenvalue weighted by atomic mass is 10.1. The lowest BCUT2D eigenvalue weighted by Crippen LogP contribution is -2.12. The van der Waals surface area contributed by atoms with Gasteiger partial charge in [0.15, 0.2) is 4.73 Å². The lowest BCUT2D eigenvalue weighted by molar-refractivity contribution is -0.137. The Morgan fingerprint density at radius 2 is 1.95 bits per heavy atom. The first kappa shape index (κ1) is 15.6. The maximum atomic E-state index is 12.5. The van der Waals surface area contributed by atoms with Gasteiger partial charge in [-0.3, -0.25) is 0 Å². The van der Waals surface area contributed by atoms with Gasteiger partial charge in [0.1, 0.15) is 5.69 Å². The van der Waals surface area contributed by atoms with Gasteiger partial charge >= 0.3 is 12.1 Å². The van der Waals surface area contributed by atoms with E-state index in [4.69, 9.17) is 0 Å². The van der Waals surface area contributed by atoms with Gasteiger partial charge in [0.2, 0.25) is 0 Å². The maximum Gasteiger partial charge on any atom is 0.416 e. The van der Waals surface area contributed by atoms with Gasteiger partial charge < -0.3 is 9.30 Å². The standard InChI is InChI=1S/C13H10BrF3N2O2/c1-21-11(20)10-6-18-12(14)19(10)7-8-2-4-9(5-3-8)13(15,16)17/h2-6H,7H2,1H3. The predicted octanol–water partition coefficient (Wildman–Crippen LogP) is 3.50. The van der Waals surface area contributed by atoms with Crippen molar-refractivity contribution in [2.75, 3.05) is 7.11 Å². The molecule has 0 amide bonds. The van der Waals surface area contributed by atoms with Gasteiger partial charge in [0.25, 0.3) is 0 Å². The van der Waals surface area contributed by atoms with Crippen molar-refractivity contribution >= 4 is 21.9 Å². The van der Waals surface area contributed by atoms with Gasteiger partial charge in [-0.05, 0) is 33.6 Å². The third-order valence-electron chi connectivity index (χ3n) is 2.82. The van der Waals surface area contributed by atoms with Crippen molar-refractivity contribution in [1.82, 2.24) is 9.55 Å². The van der Waals surface area contributed by atoms with Crippen molar-refractivity contribution in [2.24, 2.45) is 0 Å². The highest BCUT2D eigenvalue weighted by Crippen LogP contribution is 2.29. The van der Waals surface area contributed by atoms with Crippen molar-refractivity contribution in [3.8, 4) is 0 Å². The Hall–Kier alpha value is -1.83. The van der Waals surface area contributed by atoms with E-state index in [9.17, 15) is 18.0 Å². The highest BCUT2D eigenvalue weighted by Gasteiger charge is 2.30. The molecule has 0 saturated carbocycles. The highest BCUT2D eigenvalue weighted by molar-refractivity contribution is 9.10. The quantitative estimate of drug-likeness (QED) is 0.785. The zero-order valence-corrected chi connectivity index (χ0v) is 12.4. The van der Waals surface area contributed by atoms with E-state index in [0.717, 1.165) is 12.1 Å². The molecule has 0 aliphatic rings. The number of carbonyl (C=O) groups excluding carboxylic acids is 1. The van der Waals surface area contributed by atoms with Gasteiger partial charge in [-0.1, -0.05) is 12.1 Å². The summed E-state index contributed by atoms with van der Waals surface area (Å²) in [6, 6.07) is 4.71. The third-order valence-corrected chi connectivity index (χ3v) is 3.46. The number of aromatic nitrogens is 2. The van der Waals surface area contributed by atoms with Crippen molar-refractivity contribution in [3.63, 3.8) is 0 Å². The Balaban J connectivity index is 2.27. The molecule has 0 N–H and O–H groups in total. The molecular weight excluding hydrogens is 353 g/mol. The van der Waals surface area contributed by atoms with Crippen LogP contribution in [0.5, 0.6) is 0 Å². The van der Waals surface area contributed by atoms with Crippen molar-refractivity contribution < 1.29 is 22.7 Å². The Morgan fingerprint density at radius 3 is 2.48 bits per heavy atom. The summed E-state index contributed by atoms with van der Waals surface area (Å²) in [6.07, 6.45) is -3.04. The predicted molar refractivity (Wildman–Crippen MR) is 71.8 cm³/mol. The molecule has 1 heterocycles. The zero-order valence-electron chi connectivity index (χ0n) is 10.8. The number of alkyl halides is 3. The number of esters is 1. The molecule has 21 heavy (non-hydrogen) atoms. The molecular formula is C13H10BrF3N2O2. The van der Waals surface area contributed by atoms with Gasteiger partial charge in [-0.15, -0.1) is 0 Å². The molecule has 0 bridgehead atoms. The van der Waals surface area contributed by atoms with E-state index in [1.807, 2.05) is 0 Å². The monoisotopic (exact) mass is 362 g/mol. The third kappa shape index (κ3) is 3.44. The molecule has 2 rings (SSSR count). The van der Waals surface area contributed by atoms with E-state index < -0.39 is 17.7 Å². The Bertz CT molecular complexity index is 650. The van der Waals surface area contributed by atoms with E-state index in [-0.39, 0.29) is 12.2 Å². The largest absolute Gasteiger partial charge is 0.464 e. The fourth-order valence-electron chi connectivity index (χ4n) is 1.75. The minimum absolute atomic E-state index is 0.198. The second-order valence-electron chi connectivity index (χ2n) is 4.18. The molecule has 0 unspecified atom stereocenters. The van der Waals surface area contributed by atoms with Crippen LogP contribution in [0.15, 0.2) is 35.2 Å². The normalized spacial score (nSPS) is 11.5. The second-order valence-corrected chi connectivity index (χ2v) is 4.89. The van der Waals surface area contributed by atoms with E-state index in [0.29, 0.717) is 10.3 Å². The first-order valence-corrected chi connectivity index (χ1v) is 6.57. The lowest BCUT2D eigenvalue weighted by Gasteiger charge is -2.10. The Morgan fingerprint density at radius 1 is 1.33 bits per heavy atom. The molecule has 1 aromatic heterocycles. The number of imidazole rings is 1. The van der Waals surface area contributed by atoms with Crippen LogP contribution in [0, 0.1) is 0 Å². The van der Waals surface area contributed by atoms with E-state index in [2.05, 4.69) is 25.7 Å². The zero-order chi connectivity index (χ0) is 15.6. The Labute approximate surface area is 126 Å². The number of benzene rings is 1. The molecule has 0 fully saturated rings. The minimum atomic E-state index is -4.37. The molecule has 8 heteroatoms. The number of halogens is 4. The van der Waals surface area contributed by atoms with Crippen molar-refractivity contribution in [2.45, 2.75) is 12.7 Å². The van der Waals surface area contributed by atoms with Crippen LogP contribution in [-0.2, 0) is 17.5 Å². The Kier molecular flexibility index (Phi) is 4.36. The van der Waals surface area contributed by atoms with E-state index >= 15 is 0 Å². The van der Waals surface area contributed by atoms with E-state index in [1.54, 1.807) is 0 Å². The van der Waals surface area contributed by atoms with Crippen molar-refractivity contribution in [3.05, 3.63) is 52.0 Å². The number of hydrogen-bond donors (Lipinski definition) is 0. The molecule has 0 saturated heterocycles. The van der Waals surface area contributed by atoms with Crippen LogP contribution in [0.1, 0.15) is 21.6 Å². The topological polar surface area (TPSA) is 44.1 Å². The van der Waals surface area contributed by atoms with Gasteiger partial charge in [-0.25, -0.2) is 9.78 Å². The summed E-state index contributed by atoms with van der Waals surface area (Å²) in [7, 11) is 1.24. The first-order chi connectivity index (χ1) is 9.82. The van der Waals surface area contributed by atoms with Crippen LogP contribution in [0.4, 0.5) is 13.2 Å². The summed E-state index contributed by atoms with van der Waals surface area (Å²) in [6.45, 7) is 0.198.